The largest absolute Gasteiger partial charge is 0.0674 e. The molecular formula is C14H17P. The molecule has 0 N–H and O–H groups in total. The van der Waals surface area contributed by atoms with E-state index < -0.39 is 0 Å². The molecule has 0 radical (unpaired) electrons. The first kappa shape index (κ1) is 10.6. The van der Waals surface area contributed by atoms with Crippen LogP contribution in [0.1, 0.15) is 27.7 Å². The molecule has 1 aromatic carbocycles. The summed E-state index contributed by atoms with van der Waals surface area (Å²) in [4.78, 5) is 0. The van der Waals surface area contributed by atoms with Gasteiger partial charge in [-0.1, -0.05) is 41.5 Å². The maximum Gasteiger partial charge on any atom is -0.00815 e. The lowest BCUT2D eigenvalue weighted by Gasteiger charge is -1.95. The quantitative estimate of drug-likeness (QED) is 0.610. The van der Waals surface area contributed by atoms with Crippen molar-refractivity contribution in [3.8, 4) is 0 Å². The molecule has 0 atom stereocenters. The predicted molar refractivity (Wildman–Crippen MR) is 69.7 cm³/mol. The van der Waals surface area contributed by atoms with E-state index in [1.165, 1.54) is 16.5 Å². The zero-order chi connectivity index (χ0) is 11.0. The van der Waals surface area contributed by atoms with Gasteiger partial charge in [-0.05, 0) is 51.5 Å². The Balaban J connectivity index is 2.43. The van der Waals surface area contributed by atoms with Crippen LogP contribution in [0.5, 0.6) is 0 Å². The lowest BCUT2D eigenvalue weighted by molar-refractivity contribution is 1.35. The molecular weight excluding hydrogens is 199 g/mol. The summed E-state index contributed by atoms with van der Waals surface area (Å²) in [6.45, 7) is 8.90. The molecule has 1 saturated heterocycles. The molecule has 78 valence electrons. The van der Waals surface area contributed by atoms with Crippen LogP contribution in [0.25, 0.3) is 0 Å². The topological polar surface area (TPSA) is 0 Å². The molecule has 15 heavy (non-hydrogen) atoms. The summed E-state index contributed by atoms with van der Waals surface area (Å²) >= 11 is 0. The standard InChI is InChI=1S/C14H17P/c1-10(2)13-14(11(3)4)15(13)12-8-6-5-7-9-12/h5-9H,1-4H3. The molecule has 1 aliphatic rings. The van der Waals surface area contributed by atoms with Crippen LogP contribution in [0.3, 0.4) is 0 Å². The van der Waals surface area contributed by atoms with Crippen LogP contribution in [0.15, 0.2) is 52.1 Å². The highest BCUT2D eigenvalue weighted by atomic mass is 31.1. The average molecular weight is 216 g/mol. The molecule has 1 fully saturated rings. The maximum absolute atomic E-state index is 2.25. The van der Waals surface area contributed by atoms with E-state index in [9.17, 15) is 0 Å². The van der Waals surface area contributed by atoms with Crippen molar-refractivity contribution in [1.82, 2.24) is 0 Å². The Hall–Kier alpha value is -0.870. The summed E-state index contributed by atoms with van der Waals surface area (Å²) in [7, 11) is -0.0921. The Labute approximate surface area is 93.5 Å². The molecule has 0 saturated carbocycles. The zero-order valence-electron chi connectivity index (χ0n) is 9.83. The molecule has 0 aliphatic carbocycles. The van der Waals surface area contributed by atoms with E-state index in [-0.39, 0.29) is 7.92 Å². The Morgan fingerprint density at radius 3 is 1.67 bits per heavy atom. The van der Waals surface area contributed by atoms with Gasteiger partial charge in [0.05, 0.1) is 0 Å². The smallest absolute Gasteiger partial charge is 0.00815 e. The van der Waals surface area contributed by atoms with Gasteiger partial charge in [-0.2, -0.15) is 0 Å². The van der Waals surface area contributed by atoms with Gasteiger partial charge in [0.2, 0.25) is 0 Å². The first-order valence-electron chi connectivity index (χ1n) is 5.33. The van der Waals surface area contributed by atoms with E-state index in [0.717, 1.165) is 0 Å². The van der Waals surface area contributed by atoms with E-state index >= 15 is 0 Å². The van der Waals surface area contributed by atoms with Gasteiger partial charge < -0.3 is 0 Å². The normalized spacial score (nSPS) is 19.1. The van der Waals surface area contributed by atoms with Gasteiger partial charge in [0.25, 0.3) is 0 Å². The van der Waals surface area contributed by atoms with Gasteiger partial charge in [-0.15, -0.1) is 0 Å². The maximum atomic E-state index is 2.25. The van der Waals surface area contributed by atoms with E-state index in [0.29, 0.717) is 0 Å². The number of benzene rings is 1. The Morgan fingerprint density at radius 1 is 0.800 bits per heavy atom. The molecule has 0 bridgehead atoms. The number of rotatable bonds is 1. The van der Waals surface area contributed by atoms with Crippen LogP contribution in [0, 0.1) is 0 Å². The predicted octanol–water partition coefficient (Wildman–Crippen LogP) is 4.40. The third-order valence-electron chi connectivity index (χ3n) is 2.58. The third-order valence-corrected chi connectivity index (χ3v) is 5.41. The van der Waals surface area contributed by atoms with Crippen molar-refractivity contribution in [2.24, 2.45) is 0 Å². The molecule has 1 heterocycles. The highest BCUT2D eigenvalue weighted by Gasteiger charge is 2.39. The first-order valence-corrected chi connectivity index (χ1v) is 6.67. The minimum Gasteiger partial charge on any atom is -0.0674 e. The van der Waals surface area contributed by atoms with Gasteiger partial charge in [0.1, 0.15) is 0 Å². The minimum absolute atomic E-state index is 0.0921. The summed E-state index contributed by atoms with van der Waals surface area (Å²) in [6, 6.07) is 10.9. The number of allylic oxidation sites excluding steroid dienone is 4. The van der Waals surface area contributed by atoms with Crippen molar-refractivity contribution in [2.75, 3.05) is 0 Å². The second-order valence-corrected chi connectivity index (χ2v) is 6.45. The molecule has 0 amide bonds. The van der Waals surface area contributed by atoms with Crippen LogP contribution in [0.4, 0.5) is 0 Å². The fourth-order valence-electron chi connectivity index (χ4n) is 1.92. The summed E-state index contributed by atoms with van der Waals surface area (Å²) in [6.07, 6.45) is 0. The van der Waals surface area contributed by atoms with Crippen molar-refractivity contribution in [2.45, 2.75) is 27.7 Å². The fraction of sp³-hybridized carbons (Fsp3) is 0.286. The van der Waals surface area contributed by atoms with Crippen LogP contribution in [-0.4, -0.2) is 0 Å². The minimum atomic E-state index is -0.0921. The number of hydrogen-bond acceptors (Lipinski definition) is 0. The van der Waals surface area contributed by atoms with Crippen molar-refractivity contribution in [1.29, 1.82) is 0 Å². The van der Waals surface area contributed by atoms with Gasteiger partial charge in [0.15, 0.2) is 0 Å². The molecule has 1 aliphatic heterocycles. The monoisotopic (exact) mass is 216 g/mol. The van der Waals surface area contributed by atoms with Gasteiger partial charge in [0, 0.05) is 0 Å². The highest BCUT2D eigenvalue weighted by molar-refractivity contribution is 7.83. The average Bonchev–Trinajstić information content (AvgIpc) is 2.94. The number of hydrogen-bond donors (Lipinski definition) is 0. The Bertz CT molecular complexity index is 406. The molecule has 0 nitrogen and oxygen atoms in total. The summed E-state index contributed by atoms with van der Waals surface area (Å²) in [5.41, 5.74) is 2.97. The molecule has 1 heteroatoms. The Kier molecular flexibility index (Phi) is 2.80. The molecule has 1 aromatic rings. The van der Waals surface area contributed by atoms with Crippen molar-refractivity contribution >= 4 is 13.2 Å². The molecule has 2 rings (SSSR count). The van der Waals surface area contributed by atoms with Crippen LogP contribution < -0.4 is 5.30 Å². The summed E-state index contributed by atoms with van der Waals surface area (Å²) in [5.74, 6) is 0. The lowest BCUT2D eigenvalue weighted by Crippen LogP contribution is -1.89. The van der Waals surface area contributed by atoms with Gasteiger partial charge >= 0.3 is 0 Å². The van der Waals surface area contributed by atoms with E-state index in [1.807, 2.05) is 0 Å². The SMILES string of the molecule is CC(C)=C1C(=C(C)C)P1c1ccccc1. The second-order valence-electron chi connectivity index (χ2n) is 4.37. The van der Waals surface area contributed by atoms with Gasteiger partial charge in [-0.25, -0.2) is 0 Å². The van der Waals surface area contributed by atoms with E-state index in [1.54, 1.807) is 10.6 Å². The van der Waals surface area contributed by atoms with Crippen LogP contribution >= 0.6 is 7.92 Å². The Morgan fingerprint density at radius 2 is 1.27 bits per heavy atom. The van der Waals surface area contributed by atoms with Crippen molar-refractivity contribution in [3.05, 3.63) is 52.1 Å². The highest BCUT2D eigenvalue weighted by Crippen LogP contribution is 2.75. The van der Waals surface area contributed by atoms with Gasteiger partial charge in [-0.3, -0.25) is 0 Å². The molecule has 0 unspecified atom stereocenters. The second kappa shape index (κ2) is 3.94. The van der Waals surface area contributed by atoms with Crippen LogP contribution in [0.2, 0.25) is 0 Å². The lowest BCUT2D eigenvalue weighted by atomic mass is 10.2. The van der Waals surface area contributed by atoms with Crippen molar-refractivity contribution < 1.29 is 0 Å². The fourth-order valence-corrected chi connectivity index (χ4v) is 4.73. The zero-order valence-corrected chi connectivity index (χ0v) is 10.7. The van der Waals surface area contributed by atoms with E-state index in [4.69, 9.17) is 0 Å². The van der Waals surface area contributed by atoms with Crippen molar-refractivity contribution in [3.63, 3.8) is 0 Å². The first-order chi connectivity index (χ1) is 7.13. The summed E-state index contributed by atoms with van der Waals surface area (Å²) in [5, 5.41) is 4.74. The summed E-state index contributed by atoms with van der Waals surface area (Å²) < 4.78 is 0. The van der Waals surface area contributed by atoms with E-state index in [2.05, 4.69) is 58.0 Å². The molecule has 0 aromatic heterocycles. The van der Waals surface area contributed by atoms with Crippen LogP contribution in [-0.2, 0) is 0 Å². The third kappa shape index (κ3) is 1.92. The molecule has 0 spiro atoms.